The lowest BCUT2D eigenvalue weighted by Crippen LogP contribution is -2.42. The normalized spacial score (nSPS) is 18.5. The Morgan fingerprint density at radius 3 is 2.77 bits per heavy atom. The number of imidazole rings is 1. The van der Waals surface area contributed by atoms with Crippen molar-refractivity contribution in [3.63, 3.8) is 0 Å². The van der Waals surface area contributed by atoms with Gasteiger partial charge in [0, 0.05) is 50.0 Å². The minimum Gasteiger partial charge on any atom is -0.385 e. The quantitative estimate of drug-likeness (QED) is 0.919. The molecule has 1 saturated heterocycles. The van der Waals surface area contributed by atoms with Crippen LogP contribution in [0.1, 0.15) is 37.6 Å². The summed E-state index contributed by atoms with van der Waals surface area (Å²) < 4.78 is 2.22. The van der Waals surface area contributed by atoms with Crippen molar-refractivity contribution in [3.8, 4) is 0 Å². The summed E-state index contributed by atoms with van der Waals surface area (Å²) in [5.74, 6) is 1.12. The molecule has 1 N–H and O–H groups in total. The van der Waals surface area contributed by atoms with Gasteiger partial charge in [0.05, 0.1) is 12.1 Å². The SMILES string of the molecule is CCCn1ccnc1CN1CCC(O)(c2cccnc2)CC1. The zero-order valence-corrected chi connectivity index (χ0v) is 13.1. The summed E-state index contributed by atoms with van der Waals surface area (Å²) in [5.41, 5.74) is 0.200. The zero-order chi connectivity index (χ0) is 15.4. The lowest BCUT2D eigenvalue weighted by atomic mass is 9.85. The predicted octanol–water partition coefficient (Wildman–Crippen LogP) is 2.17. The van der Waals surface area contributed by atoms with Crippen LogP contribution in [-0.4, -0.2) is 37.6 Å². The third kappa shape index (κ3) is 3.20. The van der Waals surface area contributed by atoms with Gasteiger partial charge in [-0.2, -0.15) is 0 Å². The van der Waals surface area contributed by atoms with E-state index in [1.165, 1.54) is 0 Å². The number of aromatic nitrogens is 3. The van der Waals surface area contributed by atoms with Crippen LogP contribution in [0.25, 0.3) is 0 Å². The van der Waals surface area contributed by atoms with Crippen molar-refractivity contribution >= 4 is 0 Å². The highest BCUT2D eigenvalue weighted by atomic mass is 16.3. The molecular weight excluding hydrogens is 276 g/mol. The van der Waals surface area contributed by atoms with Crippen LogP contribution >= 0.6 is 0 Å². The zero-order valence-electron chi connectivity index (χ0n) is 13.1. The molecule has 22 heavy (non-hydrogen) atoms. The highest BCUT2D eigenvalue weighted by Crippen LogP contribution is 2.32. The van der Waals surface area contributed by atoms with Gasteiger partial charge in [0.1, 0.15) is 5.82 Å². The van der Waals surface area contributed by atoms with Gasteiger partial charge in [-0.1, -0.05) is 13.0 Å². The summed E-state index contributed by atoms with van der Waals surface area (Å²) in [4.78, 5) is 11.0. The van der Waals surface area contributed by atoms with Gasteiger partial charge >= 0.3 is 0 Å². The molecule has 0 atom stereocenters. The number of hydrogen-bond acceptors (Lipinski definition) is 4. The largest absolute Gasteiger partial charge is 0.385 e. The Bertz CT molecular complexity index is 588. The molecule has 1 aliphatic rings. The molecule has 0 radical (unpaired) electrons. The fraction of sp³-hybridized carbons (Fsp3) is 0.529. The van der Waals surface area contributed by atoms with E-state index in [0.29, 0.717) is 0 Å². The number of aliphatic hydroxyl groups is 1. The number of piperidine rings is 1. The molecule has 0 amide bonds. The number of likely N-dealkylation sites (tertiary alicyclic amines) is 1. The number of pyridine rings is 1. The number of aryl methyl sites for hydroxylation is 1. The summed E-state index contributed by atoms with van der Waals surface area (Å²) >= 11 is 0. The second-order valence-electron chi connectivity index (χ2n) is 6.09. The molecule has 2 aromatic heterocycles. The maximum absolute atomic E-state index is 10.8. The maximum atomic E-state index is 10.8. The first-order valence-electron chi connectivity index (χ1n) is 8.06. The lowest BCUT2D eigenvalue weighted by Gasteiger charge is -2.38. The number of hydrogen-bond donors (Lipinski definition) is 1. The molecule has 0 bridgehead atoms. The number of rotatable bonds is 5. The Morgan fingerprint density at radius 2 is 2.09 bits per heavy atom. The Balaban J connectivity index is 1.61. The second kappa shape index (κ2) is 6.58. The van der Waals surface area contributed by atoms with E-state index in [0.717, 1.165) is 56.8 Å². The van der Waals surface area contributed by atoms with E-state index in [-0.39, 0.29) is 0 Å². The fourth-order valence-electron chi connectivity index (χ4n) is 3.14. The summed E-state index contributed by atoms with van der Waals surface area (Å²) in [6.45, 7) is 5.81. The van der Waals surface area contributed by atoms with Gasteiger partial charge in [0.2, 0.25) is 0 Å². The fourth-order valence-corrected chi connectivity index (χ4v) is 3.14. The average Bonchev–Trinajstić information content (AvgIpc) is 2.98. The lowest BCUT2D eigenvalue weighted by molar-refractivity contribution is -0.0286. The van der Waals surface area contributed by atoms with Crippen molar-refractivity contribution in [2.45, 2.75) is 44.9 Å². The first-order chi connectivity index (χ1) is 10.7. The monoisotopic (exact) mass is 300 g/mol. The van der Waals surface area contributed by atoms with E-state index < -0.39 is 5.60 Å². The Labute approximate surface area is 131 Å². The van der Waals surface area contributed by atoms with Crippen LogP contribution in [0.3, 0.4) is 0 Å². The van der Waals surface area contributed by atoms with Gasteiger partial charge < -0.3 is 9.67 Å². The summed E-state index contributed by atoms with van der Waals surface area (Å²) in [7, 11) is 0. The third-order valence-electron chi connectivity index (χ3n) is 4.51. The minimum atomic E-state index is -0.733. The van der Waals surface area contributed by atoms with Gasteiger partial charge in [-0.15, -0.1) is 0 Å². The van der Waals surface area contributed by atoms with Crippen molar-refractivity contribution in [1.29, 1.82) is 0 Å². The van der Waals surface area contributed by atoms with Crippen molar-refractivity contribution < 1.29 is 5.11 Å². The van der Waals surface area contributed by atoms with E-state index in [2.05, 4.69) is 32.6 Å². The van der Waals surface area contributed by atoms with Gasteiger partial charge in [0.25, 0.3) is 0 Å². The van der Waals surface area contributed by atoms with Crippen LogP contribution in [0.4, 0.5) is 0 Å². The summed E-state index contributed by atoms with van der Waals surface area (Å²) in [6.07, 6.45) is 10.1. The molecule has 0 aromatic carbocycles. The molecular formula is C17H24N4O. The predicted molar refractivity (Wildman–Crippen MR) is 85.2 cm³/mol. The van der Waals surface area contributed by atoms with Crippen LogP contribution in [-0.2, 0) is 18.7 Å². The molecule has 0 unspecified atom stereocenters. The van der Waals surface area contributed by atoms with Crippen LogP contribution in [0.5, 0.6) is 0 Å². The van der Waals surface area contributed by atoms with Gasteiger partial charge in [-0.05, 0) is 25.3 Å². The Morgan fingerprint density at radius 1 is 1.27 bits per heavy atom. The second-order valence-corrected chi connectivity index (χ2v) is 6.09. The minimum absolute atomic E-state index is 0.733. The van der Waals surface area contributed by atoms with E-state index in [9.17, 15) is 5.11 Å². The van der Waals surface area contributed by atoms with E-state index in [4.69, 9.17) is 0 Å². The van der Waals surface area contributed by atoms with Crippen LogP contribution < -0.4 is 0 Å². The van der Waals surface area contributed by atoms with Crippen LogP contribution in [0, 0.1) is 0 Å². The molecule has 3 rings (SSSR count). The molecule has 2 aromatic rings. The summed E-state index contributed by atoms with van der Waals surface area (Å²) in [6, 6.07) is 3.86. The average molecular weight is 300 g/mol. The first-order valence-corrected chi connectivity index (χ1v) is 8.06. The van der Waals surface area contributed by atoms with Crippen LogP contribution in [0.15, 0.2) is 36.9 Å². The molecule has 1 fully saturated rings. The molecule has 3 heterocycles. The molecule has 5 nitrogen and oxygen atoms in total. The standard InChI is InChI=1S/C17H24N4O/c1-2-9-21-12-8-19-16(21)14-20-10-5-17(22,6-11-20)15-4-3-7-18-13-15/h3-4,7-8,12-13,22H,2,5-6,9-11,14H2,1H3. The molecule has 5 heteroatoms. The van der Waals surface area contributed by atoms with Crippen LogP contribution in [0.2, 0.25) is 0 Å². The van der Waals surface area contributed by atoms with Gasteiger partial charge in [-0.25, -0.2) is 4.98 Å². The molecule has 118 valence electrons. The smallest absolute Gasteiger partial charge is 0.122 e. The molecule has 0 aliphatic carbocycles. The summed E-state index contributed by atoms with van der Waals surface area (Å²) in [5, 5.41) is 10.8. The molecule has 1 aliphatic heterocycles. The first kappa shape index (κ1) is 15.2. The third-order valence-corrected chi connectivity index (χ3v) is 4.51. The Hall–Kier alpha value is -1.72. The van der Waals surface area contributed by atoms with Crippen molar-refractivity contribution in [2.75, 3.05) is 13.1 Å². The molecule has 0 saturated carbocycles. The molecule has 0 spiro atoms. The van der Waals surface area contributed by atoms with Gasteiger partial charge in [-0.3, -0.25) is 9.88 Å². The van der Waals surface area contributed by atoms with Crippen molar-refractivity contribution in [1.82, 2.24) is 19.4 Å². The van der Waals surface area contributed by atoms with E-state index in [1.807, 2.05) is 18.3 Å². The Kier molecular flexibility index (Phi) is 4.55. The number of nitrogens with zero attached hydrogens (tertiary/aromatic N) is 4. The maximum Gasteiger partial charge on any atom is 0.122 e. The highest BCUT2D eigenvalue weighted by Gasteiger charge is 2.34. The van der Waals surface area contributed by atoms with E-state index in [1.54, 1.807) is 12.4 Å². The topological polar surface area (TPSA) is 54.2 Å². The van der Waals surface area contributed by atoms with Gasteiger partial charge in [0.15, 0.2) is 0 Å². The highest BCUT2D eigenvalue weighted by molar-refractivity contribution is 5.19. The van der Waals surface area contributed by atoms with Crippen molar-refractivity contribution in [2.24, 2.45) is 0 Å². The van der Waals surface area contributed by atoms with E-state index >= 15 is 0 Å². The van der Waals surface area contributed by atoms with Crippen molar-refractivity contribution in [3.05, 3.63) is 48.3 Å².